The first-order chi connectivity index (χ1) is 17.1. The summed E-state index contributed by atoms with van der Waals surface area (Å²) in [6.45, 7) is 4.44. The second-order valence-electron chi connectivity index (χ2n) is 7.87. The Hall–Kier alpha value is -4.29. The van der Waals surface area contributed by atoms with Gasteiger partial charge in [0.2, 0.25) is 17.6 Å². The smallest absolute Gasteiger partial charge is 0.287 e. The minimum atomic E-state index is -1.24. The Kier molecular flexibility index (Phi) is 10.1. The Balaban J connectivity index is 2.23. The minimum absolute atomic E-state index is 0.104. The molecule has 2 rings (SSSR count). The van der Waals surface area contributed by atoms with Crippen molar-refractivity contribution >= 4 is 35.1 Å². The van der Waals surface area contributed by atoms with Crippen LogP contribution in [-0.4, -0.2) is 74.6 Å². The number of likely N-dealkylation sites (N-methyl/N-ethyl adjacent to an activating group) is 2. The summed E-state index contributed by atoms with van der Waals surface area (Å²) >= 11 is 0. The molecule has 0 unspecified atom stereocenters. The van der Waals surface area contributed by atoms with Crippen LogP contribution in [0.2, 0.25) is 0 Å². The molecule has 4 amide bonds. The van der Waals surface area contributed by atoms with Gasteiger partial charge >= 0.3 is 0 Å². The predicted molar refractivity (Wildman–Crippen MR) is 130 cm³/mol. The van der Waals surface area contributed by atoms with E-state index in [-0.39, 0.29) is 36.7 Å². The van der Waals surface area contributed by atoms with E-state index < -0.39 is 35.1 Å². The van der Waals surface area contributed by atoms with Gasteiger partial charge in [-0.05, 0) is 32.4 Å². The predicted octanol–water partition coefficient (Wildman–Crippen LogP) is -0.717. The van der Waals surface area contributed by atoms with Crippen LogP contribution in [0.15, 0.2) is 35.6 Å². The number of imidazole rings is 1. The lowest BCUT2D eigenvalue weighted by atomic mass is 10.1. The van der Waals surface area contributed by atoms with Gasteiger partial charge in [-0.1, -0.05) is 0 Å². The molecule has 2 aromatic heterocycles. The summed E-state index contributed by atoms with van der Waals surface area (Å²) < 4.78 is 2.62. The first kappa shape index (κ1) is 28.0. The quantitative estimate of drug-likeness (QED) is 0.323. The van der Waals surface area contributed by atoms with Crippen molar-refractivity contribution in [2.45, 2.75) is 39.3 Å². The number of Topliss-reactive ketones (excluding diaryl/α,β-unsaturated/α-hetero) is 1. The van der Waals surface area contributed by atoms with Crippen molar-refractivity contribution in [2.24, 2.45) is 7.05 Å². The van der Waals surface area contributed by atoms with Crippen molar-refractivity contribution in [3.63, 3.8) is 0 Å². The number of carbonyl (C=O) groups is 5. The summed E-state index contributed by atoms with van der Waals surface area (Å²) in [5, 5.41) is 7.20. The van der Waals surface area contributed by atoms with Crippen LogP contribution in [-0.2, 0) is 32.8 Å². The fourth-order valence-electron chi connectivity index (χ4n) is 3.40. The molecule has 0 saturated carbocycles. The zero-order valence-electron chi connectivity index (χ0n) is 20.7. The highest BCUT2D eigenvalue weighted by Gasteiger charge is 2.26. The number of aromatic nitrogens is 3. The summed E-state index contributed by atoms with van der Waals surface area (Å²) in [7, 11) is 2.90. The van der Waals surface area contributed by atoms with Crippen molar-refractivity contribution in [3.8, 4) is 0 Å². The molecule has 1 atom stereocenters. The van der Waals surface area contributed by atoms with Crippen LogP contribution in [0.25, 0.3) is 0 Å². The molecule has 0 saturated heterocycles. The van der Waals surface area contributed by atoms with Gasteiger partial charge in [-0.2, -0.15) is 0 Å². The molecule has 0 aliphatic rings. The molecule has 13 nitrogen and oxygen atoms in total. The topological polar surface area (TPSA) is 164 Å². The van der Waals surface area contributed by atoms with E-state index in [1.807, 2.05) is 13.8 Å². The molecular formula is C23H31N7O6. The summed E-state index contributed by atoms with van der Waals surface area (Å²) in [5.74, 6) is -3.23. The lowest BCUT2D eigenvalue weighted by Crippen LogP contribution is -2.45. The number of carbonyl (C=O) groups excluding carboxylic acids is 5. The summed E-state index contributed by atoms with van der Waals surface area (Å²) in [6, 6.07) is 1.63. The summed E-state index contributed by atoms with van der Waals surface area (Å²) in [6.07, 6.45) is 3.64. The average Bonchev–Trinajstić information content (AvgIpc) is 3.29. The molecule has 13 heteroatoms. The number of amides is 4. The number of hydrogen-bond donors (Lipinski definition) is 3. The molecule has 0 fully saturated rings. The summed E-state index contributed by atoms with van der Waals surface area (Å²) in [4.78, 5) is 80.0. The normalized spacial score (nSPS) is 11.3. The van der Waals surface area contributed by atoms with Crippen LogP contribution < -0.4 is 21.5 Å². The number of nitrogens with one attached hydrogen (secondary N) is 3. The Morgan fingerprint density at radius 3 is 2.42 bits per heavy atom. The highest BCUT2D eigenvalue weighted by Crippen LogP contribution is 2.07. The highest BCUT2D eigenvalue weighted by molar-refractivity contribution is 6.36. The molecular weight excluding hydrogens is 470 g/mol. The number of aryl methyl sites for hydroxylation is 1. The lowest BCUT2D eigenvalue weighted by molar-refractivity contribution is -0.137. The monoisotopic (exact) mass is 501 g/mol. The molecule has 0 radical (unpaired) electrons. The van der Waals surface area contributed by atoms with E-state index >= 15 is 0 Å². The van der Waals surface area contributed by atoms with Gasteiger partial charge < -0.3 is 30.0 Å². The van der Waals surface area contributed by atoms with Crippen molar-refractivity contribution in [3.05, 3.63) is 46.9 Å². The highest BCUT2D eigenvalue weighted by atomic mass is 16.2. The number of rotatable bonds is 12. The molecule has 0 aliphatic carbocycles. The van der Waals surface area contributed by atoms with Crippen molar-refractivity contribution < 1.29 is 24.0 Å². The van der Waals surface area contributed by atoms with Gasteiger partial charge in [0.15, 0.2) is 0 Å². The van der Waals surface area contributed by atoms with Crippen LogP contribution in [0.3, 0.4) is 0 Å². The first-order valence-corrected chi connectivity index (χ1v) is 11.4. The van der Waals surface area contributed by atoms with E-state index in [2.05, 4.69) is 20.9 Å². The van der Waals surface area contributed by atoms with Gasteiger partial charge in [0, 0.05) is 39.8 Å². The number of nitrogens with zero attached hydrogens (tertiary/aromatic N) is 4. The third-order valence-corrected chi connectivity index (χ3v) is 5.51. The van der Waals surface area contributed by atoms with E-state index in [1.165, 1.54) is 47.0 Å². The fourth-order valence-corrected chi connectivity index (χ4v) is 3.40. The largest absolute Gasteiger partial charge is 0.353 e. The van der Waals surface area contributed by atoms with Crippen molar-refractivity contribution in [1.82, 2.24) is 29.7 Å². The summed E-state index contributed by atoms with van der Waals surface area (Å²) in [5.41, 5.74) is -0.542. The van der Waals surface area contributed by atoms with Gasteiger partial charge in [-0.3, -0.25) is 28.8 Å². The van der Waals surface area contributed by atoms with E-state index in [4.69, 9.17) is 0 Å². The molecule has 194 valence electrons. The van der Waals surface area contributed by atoms with E-state index in [0.29, 0.717) is 13.1 Å². The van der Waals surface area contributed by atoms with Crippen LogP contribution in [0.1, 0.15) is 37.2 Å². The third-order valence-electron chi connectivity index (χ3n) is 5.51. The molecule has 3 N–H and O–H groups in total. The van der Waals surface area contributed by atoms with E-state index in [0.717, 1.165) is 0 Å². The van der Waals surface area contributed by atoms with Gasteiger partial charge in [-0.25, -0.2) is 4.98 Å². The number of anilines is 1. The fraction of sp³-hybridized carbons (Fsp3) is 0.435. The van der Waals surface area contributed by atoms with E-state index in [1.54, 1.807) is 11.9 Å². The Morgan fingerprint density at radius 1 is 1.14 bits per heavy atom. The minimum Gasteiger partial charge on any atom is -0.353 e. The van der Waals surface area contributed by atoms with Gasteiger partial charge in [0.05, 0.1) is 12.5 Å². The Labute approximate surface area is 207 Å². The van der Waals surface area contributed by atoms with Crippen molar-refractivity contribution in [1.29, 1.82) is 0 Å². The standard InChI is InChI=1S/C23H31N7O6/c1-5-29(6-2)19(32)13-30-11-7-8-16(23(30)36)27-20(33)15(9-10-18(31)22(35)24-3)26-21(34)17-12-25-14-28(17)4/h7-8,11-12,14-15H,5-6,9-10,13H2,1-4H3,(H,24,35)(H,26,34)(H,27,33)/t15-/m0/s1. The van der Waals surface area contributed by atoms with Crippen molar-refractivity contribution in [2.75, 3.05) is 25.5 Å². The SMILES string of the molecule is CCN(CC)C(=O)Cn1cccc(NC(=O)[C@H](CCC(=O)C(=O)NC)NC(=O)c2cncn2C)c1=O. The molecule has 0 aromatic carbocycles. The van der Waals surface area contributed by atoms with Crippen LogP contribution in [0, 0.1) is 0 Å². The number of ketones is 1. The molecule has 2 aromatic rings. The zero-order valence-corrected chi connectivity index (χ0v) is 20.7. The number of hydrogen-bond acceptors (Lipinski definition) is 7. The molecule has 0 spiro atoms. The Bertz CT molecular complexity index is 1180. The maximum Gasteiger partial charge on any atom is 0.287 e. The van der Waals surface area contributed by atoms with Crippen LogP contribution in [0.5, 0.6) is 0 Å². The average molecular weight is 502 g/mol. The lowest BCUT2D eigenvalue weighted by Gasteiger charge is -2.20. The van der Waals surface area contributed by atoms with Gasteiger partial charge in [0.25, 0.3) is 17.4 Å². The maximum absolute atomic E-state index is 13.1. The third kappa shape index (κ3) is 7.10. The second-order valence-corrected chi connectivity index (χ2v) is 7.87. The first-order valence-electron chi connectivity index (χ1n) is 11.4. The zero-order chi connectivity index (χ0) is 26.8. The number of pyridine rings is 1. The molecule has 0 bridgehead atoms. The van der Waals surface area contributed by atoms with Gasteiger partial charge in [0.1, 0.15) is 24.0 Å². The van der Waals surface area contributed by atoms with Crippen LogP contribution >= 0.6 is 0 Å². The van der Waals surface area contributed by atoms with Gasteiger partial charge in [-0.15, -0.1) is 0 Å². The molecule has 36 heavy (non-hydrogen) atoms. The Morgan fingerprint density at radius 2 is 1.83 bits per heavy atom. The maximum atomic E-state index is 13.1. The molecule has 2 heterocycles. The van der Waals surface area contributed by atoms with E-state index in [9.17, 15) is 28.8 Å². The molecule has 0 aliphatic heterocycles. The van der Waals surface area contributed by atoms with Crippen LogP contribution in [0.4, 0.5) is 5.69 Å². The second kappa shape index (κ2) is 13.0.